The van der Waals surface area contributed by atoms with Crippen molar-refractivity contribution in [2.24, 2.45) is 0 Å². The topological polar surface area (TPSA) is 134 Å². The number of ether oxygens (including phenoxy) is 1. The SMILES string of the molecule is O=C1COc2ccc(NC(=O)c3cnc(O)nc3O)cc2N1. The van der Waals surface area contributed by atoms with E-state index in [2.05, 4.69) is 20.6 Å². The van der Waals surface area contributed by atoms with E-state index in [1.165, 1.54) is 6.07 Å². The van der Waals surface area contributed by atoms with Crippen LogP contribution in [0.4, 0.5) is 11.4 Å². The predicted octanol–water partition coefficient (Wildman–Crippen LogP) is 0.471. The number of carbonyl (C=O) groups excluding carboxylic acids is 2. The highest BCUT2D eigenvalue weighted by atomic mass is 16.5. The fraction of sp³-hybridized carbons (Fsp3) is 0.0769. The first-order valence-corrected chi connectivity index (χ1v) is 6.16. The Morgan fingerprint density at radius 1 is 1.36 bits per heavy atom. The number of hydrogen-bond acceptors (Lipinski definition) is 7. The molecule has 0 aliphatic carbocycles. The van der Waals surface area contributed by atoms with Crippen LogP contribution >= 0.6 is 0 Å². The molecule has 2 heterocycles. The molecule has 2 amide bonds. The number of nitrogens with one attached hydrogen (secondary N) is 2. The van der Waals surface area contributed by atoms with Crippen LogP contribution in [0.5, 0.6) is 17.6 Å². The normalized spacial score (nSPS) is 12.8. The lowest BCUT2D eigenvalue weighted by Crippen LogP contribution is -2.25. The van der Waals surface area contributed by atoms with Crippen LogP contribution < -0.4 is 15.4 Å². The lowest BCUT2D eigenvalue weighted by atomic mass is 10.2. The van der Waals surface area contributed by atoms with Gasteiger partial charge in [-0.1, -0.05) is 0 Å². The van der Waals surface area contributed by atoms with Gasteiger partial charge in [-0.25, -0.2) is 4.98 Å². The van der Waals surface area contributed by atoms with Crippen molar-refractivity contribution < 1.29 is 24.5 Å². The third kappa shape index (κ3) is 2.59. The highest BCUT2D eigenvalue weighted by Crippen LogP contribution is 2.30. The van der Waals surface area contributed by atoms with E-state index >= 15 is 0 Å². The van der Waals surface area contributed by atoms with Gasteiger partial charge in [-0.2, -0.15) is 4.98 Å². The molecular formula is C13H10N4O5. The zero-order valence-corrected chi connectivity index (χ0v) is 11.0. The Bertz CT molecular complexity index is 777. The van der Waals surface area contributed by atoms with Crippen LogP contribution in [0.1, 0.15) is 10.4 Å². The Kier molecular flexibility index (Phi) is 3.22. The molecule has 1 aromatic heterocycles. The van der Waals surface area contributed by atoms with Crippen LogP contribution in [-0.4, -0.2) is 38.6 Å². The van der Waals surface area contributed by atoms with E-state index < -0.39 is 17.8 Å². The van der Waals surface area contributed by atoms with Crippen molar-refractivity contribution in [2.45, 2.75) is 0 Å². The van der Waals surface area contributed by atoms with Gasteiger partial charge in [-0.05, 0) is 18.2 Å². The first-order valence-electron chi connectivity index (χ1n) is 6.16. The van der Waals surface area contributed by atoms with E-state index in [0.29, 0.717) is 17.1 Å². The Labute approximate surface area is 123 Å². The molecule has 0 radical (unpaired) electrons. The number of amides is 2. The Balaban J connectivity index is 1.82. The van der Waals surface area contributed by atoms with Crippen LogP contribution in [0.2, 0.25) is 0 Å². The third-order valence-corrected chi connectivity index (χ3v) is 2.87. The van der Waals surface area contributed by atoms with Crippen molar-refractivity contribution in [2.75, 3.05) is 17.2 Å². The second kappa shape index (κ2) is 5.20. The molecule has 0 atom stereocenters. The fourth-order valence-electron chi connectivity index (χ4n) is 1.88. The van der Waals surface area contributed by atoms with E-state index in [0.717, 1.165) is 6.20 Å². The Morgan fingerprint density at radius 3 is 2.95 bits per heavy atom. The van der Waals surface area contributed by atoms with Gasteiger partial charge in [0.1, 0.15) is 11.3 Å². The summed E-state index contributed by atoms with van der Waals surface area (Å²) in [6.07, 6.45) is 0.996. The van der Waals surface area contributed by atoms with Crippen LogP contribution in [0.15, 0.2) is 24.4 Å². The molecule has 0 saturated carbocycles. The molecule has 0 fully saturated rings. The molecule has 9 nitrogen and oxygen atoms in total. The van der Waals surface area contributed by atoms with Gasteiger partial charge in [0.25, 0.3) is 11.8 Å². The summed E-state index contributed by atoms with van der Waals surface area (Å²) in [5.74, 6) is -1.10. The van der Waals surface area contributed by atoms with Crippen LogP contribution in [0.3, 0.4) is 0 Å². The number of aromatic hydroxyl groups is 2. The summed E-state index contributed by atoms with van der Waals surface area (Å²) in [5.41, 5.74) is 0.609. The fourth-order valence-corrected chi connectivity index (χ4v) is 1.88. The lowest BCUT2D eigenvalue weighted by molar-refractivity contribution is -0.118. The largest absolute Gasteiger partial charge is 0.493 e. The van der Waals surface area contributed by atoms with E-state index in [-0.39, 0.29) is 18.1 Å². The van der Waals surface area contributed by atoms with Gasteiger partial charge in [0.2, 0.25) is 5.88 Å². The first kappa shape index (κ1) is 13.6. The van der Waals surface area contributed by atoms with Crippen molar-refractivity contribution in [3.05, 3.63) is 30.0 Å². The minimum atomic E-state index is -0.666. The lowest BCUT2D eigenvalue weighted by Gasteiger charge is -2.18. The molecule has 1 aromatic carbocycles. The van der Waals surface area contributed by atoms with Crippen molar-refractivity contribution in [3.8, 4) is 17.6 Å². The third-order valence-electron chi connectivity index (χ3n) is 2.87. The zero-order valence-electron chi connectivity index (χ0n) is 11.0. The standard InChI is InChI=1S/C13H10N4O5/c18-10-5-22-9-2-1-6(3-8(9)16-10)15-11(19)7-4-14-13(21)17-12(7)20/h1-4H,5H2,(H,15,19)(H,16,18)(H2,14,17,20,21). The number of nitrogens with zero attached hydrogens (tertiary/aromatic N) is 2. The second-order valence-electron chi connectivity index (χ2n) is 4.41. The number of rotatable bonds is 2. The van der Waals surface area contributed by atoms with Crippen LogP contribution in [0.25, 0.3) is 0 Å². The van der Waals surface area contributed by atoms with Gasteiger partial charge in [0.05, 0.1) is 11.9 Å². The summed E-state index contributed by atoms with van der Waals surface area (Å²) in [4.78, 5) is 30.0. The monoisotopic (exact) mass is 302 g/mol. The minimum Gasteiger partial charge on any atom is -0.493 e. The van der Waals surface area contributed by atoms with Gasteiger partial charge in [0, 0.05) is 5.69 Å². The van der Waals surface area contributed by atoms with Crippen molar-refractivity contribution in [1.29, 1.82) is 0 Å². The number of fused-ring (bicyclic) bond motifs is 1. The number of aromatic nitrogens is 2. The maximum absolute atomic E-state index is 12.0. The molecule has 4 N–H and O–H groups in total. The molecule has 2 aromatic rings. The van der Waals surface area contributed by atoms with Crippen molar-refractivity contribution in [3.63, 3.8) is 0 Å². The molecule has 9 heteroatoms. The quantitative estimate of drug-likeness (QED) is 0.633. The van der Waals surface area contributed by atoms with Gasteiger partial charge < -0.3 is 25.6 Å². The average Bonchev–Trinajstić information content (AvgIpc) is 2.46. The molecule has 3 rings (SSSR count). The number of carbonyl (C=O) groups is 2. The minimum absolute atomic E-state index is 0.0581. The summed E-state index contributed by atoms with van der Waals surface area (Å²) in [5, 5.41) is 23.6. The van der Waals surface area contributed by atoms with Gasteiger partial charge in [-0.15, -0.1) is 0 Å². The molecule has 22 heavy (non-hydrogen) atoms. The maximum atomic E-state index is 12.0. The van der Waals surface area contributed by atoms with Gasteiger partial charge >= 0.3 is 6.01 Å². The molecule has 1 aliphatic heterocycles. The molecule has 0 saturated heterocycles. The Morgan fingerprint density at radius 2 is 2.18 bits per heavy atom. The van der Waals surface area contributed by atoms with Crippen LogP contribution in [0, 0.1) is 0 Å². The summed E-state index contributed by atoms with van der Waals surface area (Å²) in [6, 6.07) is 4.05. The molecule has 0 bridgehead atoms. The number of hydrogen-bond donors (Lipinski definition) is 4. The highest BCUT2D eigenvalue weighted by Gasteiger charge is 2.18. The zero-order chi connectivity index (χ0) is 15.7. The smallest absolute Gasteiger partial charge is 0.317 e. The van der Waals surface area contributed by atoms with E-state index in [1.54, 1.807) is 12.1 Å². The first-order chi connectivity index (χ1) is 10.5. The molecule has 112 valence electrons. The van der Waals surface area contributed by atoms with Crippen LogP contribution in [-0.2, 0) is 4.79 Å². The second-order valence-corrected chi connectivity index (χ2v) is 4.41. The van der Waals surface area contributed by atoms with Gasteiger partial charge in [-0.3, -0.25) is 9.59 Å². The summed E-state index contributed by atoms with van der Waals surface area (Å²) < 4.78 is 5.20. The van der Waals surface area contributed by atoms with E-state index in [1.807, 2.05) is 0 Å². The number of benzene rings is 1. The van der Waals surface area contributed by atoms with E-state index in [4.69, 9.17) is 9.84 Å². The highest BCUT2D eigenvalue weighted by molar-refractivity contribution is 6.06. The summed E-state index contributed by atoms with van der Waals surface area (Å²) >= 11 is 0. The molecule has 0 spiro atoms. The van der Waals surface area contributed by atoms with E-state index in [9.17, 15) is 14.7 Å². The van der Waals surface area contributed by atoms with Crippen molar-refractivity contribution >= 4 is 23.2 Å². The van der Waals surface area contributed by atoms with Crippen molar-refractivity contribution in [1.82, 2.24) is 9.97 Å². The average molecular weight is 302 g/mol. The Hall–Kier alpha value is -3.36. The summed E-state index contributed by atoms with van der Waals surface area (Å²) in [7, 11) is 0. The van der Waals surface area contributed by atoms with Gasteiger partial charge in [0.15, 0.2) is 6.61 Å². The molecular weight excluding hydrogens is 292 g/mol. The molecule has 0 unspecified atom stereocenters. The predicted molar refractivity (Wildman–Crippen MR) is 73.9 cm³/mol. The maximum Gasteiger partial charge on any atom is 0.317 e. The number of anilines is 2. The molecule has 1 aliphatic rings. The summed E-state index contributed by atoms with van der Waals surface area (Å²) in [6.45, 7) is -0.0581.